The standard InChI is InChI=1S/C10H18N4O2S/c1-11-5-2-6-14-8-10(7-12-14)17(15,16)13-9-3-4-9/h7-9,11,13H,2-6H2,1H3. The van der Waals surface area contributed by atoms with E-state index >= 15 is 0 Å². The molecule has 1 heterocycles. The van der Waals surface area contributed by atoms with Gasteiger partial charge in [0.1, 0.15) is 4.90 Å². The molecule has 1 fully saturated rings. The average molecular weight is 258 g/mol. The van der Waals surface area contributed by atoms with E-state index in [0.717, 1.165) is 32.4 Å². The second kappa shape index (κ2) is 5.16. The number of hydrogen-bond donors (Lipinski definition) is 2. The van der Waals surface area contributed by atoms with Crippen LogP contribution in [-0.4, -0.2) is 37.8 Å². The molecule has 0 atom stereocenters. The molecule has 0 amide bonds. The predicted molar refractivity (Wildman–Crippen MR) is 64.1 cm³/mol. The zero-order chi connectivity index (χ0) is 12.3. The molecule has 0 radical (unpaired) electrons. The molecule has 0 bridgehead atoms. The number of hydrogen-bond acceptors (Lipinski definition) is 4. The van der Waals surface area contributed by atoms with Crippen molar-refractivity contribution in [3.63, 3.8) is 0 Å². The second-order valence-electron chi connectivity index (χ2n) is 4.29. The molecule has 0 spiro atoms. The van der Waals surface area contributed by atoms with E-state index < -0.39 is 10.0 Å². The fourth-order valence-electron chi connectivity index (χ4n) is 1.51. The van der Waals surface area contributed by atoms with Gasteiger partial charge in [0.2, 0.25) is 10.0 Å². The summed E-state index contributed by atoms with van der Waals surface area (Å²) in [7, 11) is -1.47. The number of nitrogens with zero attached hydrogens (tertiary/aromatic N) is 2. The minimum Gasteiger partial charge on any atom is -0.320 e. The third-order valence-electron chi connectivity index (χ3n) is 2.63. The highest BCUT2D eigenvalue weighted by Crippen LogP contribution is 2.21. The fourth-order valence-corrected chi connectivity index (χ4v) is 2.77. The molecule has 0 unspecified atom stereocenters. The van der Waals surface area contributed by atoms with Gasteiger partial charge in [-0.3, -0.25) is 4.68 Å². The van der Waals surface area contributed by atoms with Crippen LogP contribution in [0.5, 0.6) is 0 Å². The van der Waals surface area contributed by atoms with E-state index in [1.807, 2.05) is 7.05 Å². The number of aromatic nitrogens is 2. The zero-order valence-electron chi connectivity index (χ0n) is 9.89. The van der Waals surface area contributed by atoms with Crippen LogP contribution in [0.4, 0.5) is 0 Å². The van der Waals surface area contributed by atoms with Gasteiger partial charge in [0, 0.05) is 18.8 Å². The van der Waals surface area contributed by atoms with E-state index in [1.54, 1.807) is 10.9 Å². The quantitative estimate of drug-likeness (QED) is 0.671. The fraction of sp³-hybridized carbons (Fsp3) is 0.700. The monoisotopic (exact) mass is 258 g/mol. The number of sulfonamides is 1. The third kappa shape index (κ3) is 3.52. The zero-order valence-corrected chi connectivity index (χ0v) is 10.7. The van der Waals surface area contributed by atoms with Crippen LogP contribution in [0.25, 0.3) is 0 Å². The van der Waals surface area contributed by atoms with E-state index in [4.69, 9.17) is 0 Å². The van der Waals surface area contributed by atoms with Gasteiger partial charge < -0.3 is 5.32 Å². The second-order valence-corrected chi connectivity index (χ2v) is 6.01. The molecular formula is C10H18N4O2S. The largest absolute Gasteiger partial charge is 0.320 e. The maximum atomic E-state index is 11.8. The summed E-state index contributed by atoms with van der Waals surface area (Å²) in [6.45, 7) is 1.61. The van der Waals surface area contributed by atoms with Crippen LogP contribution in [0.15, 0.2) is 17.3 Å². The molecule has 0 aromatic carbocycles. The number of aryl methyl sites for hydroxylation is 1. The van der Waals surface area contributed by atoms with E-state index in [9.17, 15) is 8.42 Å². The van der Waals surface area contributed by atoms with Gasteiger partial charge >= 0.3 is 0 Å². The van der Waals surface area contributed by atoms with Gasteiger partial charge in [-0.25, -0.2) is 13.1 Å². The Labute approximate surface area is 101 Å². The maximum absolute atomic E-state index is 11.8. The molecule has 0 aliphatic heterocycles. The SMILES string of the molecule is CNCCCn1cc(S(=O)(=O)NC2CC2)cn1. The Balaban J connectivity index is 1.96. The summed E-state index contributed by atoms with van der Waals surface area (Å²) in [5, 5.41) is 7.09. The summed E-state index contributed by atoms with van der Waals surface area (Å²) in [5.41, 5.74) is 0. The van der Waals surface area contributed by atoms with E-state index in [2.05, 4.69) is 15.1 Å². The highest BCUT2D eigenvalue weighted by Gasteiger charge is 2.28. The topological polar surface area (TPSA) is 76.0 Å². The van der Waals surface area contributed by atoms with Gasteiger partial charge in [-0.05, 0) is 32.9 Å². The molecule has 1 aliphatic rings. The van der Waals surface area contributed by atoms with Crippen LogP contribution in [0.2, 0.25) is 0 Å². The normalized spacial score (nSPS) is 16.3. The van der Waals surface area contributed by atoms with Crippen molar-refractivity contribution in [1.29, 1.82) is 0 Å². The summed E-state index contributed by atoms with van der Waals surface area (Å²) < 4.78 is 28.0. The van der Waals surface area contributed by atoms with Crippen LogP contribution >= 0.6 is 0 Å². The summed E-state index contributed by atoms with van der Waals surface area (Å²) in [5.74, 6) is 0. The van der Waals surface area contributed by atoms with Crippen molar-refractivity contribution in [2.24, 2.45) is 0 Å². The Bertz CT molecular complexity index is 464. The first-order valence-electron chi connectivity index (χ1n) is 5.81. The van der Waals surface area contributed by atoms with Crippen molar-refractivity contribution in [2.45, 2.75) is 36.7 Å². The Hall–Kier alpha value is -0.920. The Morgan fingerprint density at radius 1 is 1.53 bits per heavy atom. The molecule has 1 aromatic rings. The Morgan fingerprint density at radius 3 is 2.94 bits per heavy atom. The first kappa shape index (κ1) is 12.5. The Morgan fingerprint density at radius 2 is 2.29 bits per heavy atom. The van der Waals surface area contributed by atoms with Gasteiger partial charge in [0.25, 0.3) is 0 Å². The van der Waals surface area contributed by atoms with Gasteiger partial charge in [-0.15, -0.1) is 0 Å². The number of rotatable bonds is 7. The molecule has 1 saturated carbocycles. The van der Waals surface area contributed by atoms with Crippen molar-refractivity contribution < 1.29 is 8.42 Å². The van der Waals surface area contributed by atoms with Gasteiger partial charge in [0.15, 0.2) is 0 Å². The van der Waals surface area contributed by atoms with Crippen LogP contribution in [-0.2, 0) is 16.6 Å². The minimum absolute atomic E-state index is 0.132. The lowest BCUT2D eigenvalue weighted by atomic mass is 10.4. The van der Waals surface area contributed by atoms with Crippen molar-refractivity contribution in [3.05, 3.63) is 12.4 Å². The molecule has 2 N–H and O–H groups in total. The predicted octanol–water partition coefficient (Wildman–Crippen LogP) is -0.0667. The van der Waals surface area contributed by atoms with Crippen LogP contribution in [0, 0.1) is 0 Å². The van der Waals surface area contributed by atoms with E-state index in [0.29, 0.717) is 0 Å². The van der Waals surface area contributed by atoms with E-state index in [-0.39, 0.29) is 10.9 Å². The van der Waals surface area contributed by atoms with Crippen molar-refractivity contribution in [2.75, 3.05) is 13.6 Å². The molecule has 6 nitrogen and oxygen atoms in total. The molecule has 1 aliphatic carbocycles. The summed E-state index contributed by atoms with van der Waals surface area (Å²) in [6, 6.07) is 0.132. The summed E-state index contributed by atoms with van der Waals surface area (Å²) >= 11 is 0. The first-order chi connectivity index (χ1) is 8.12. The summed E-state index contributed by atoms with van der Waals surface area (Å²) in [4.78, 5) is 0.258. The minimum atomic E-state index is -3.36. The van der Waals surface area contributed by atoms with Gasteiger partial charge in [-0.2, -0.15) is 5.10 Å². The first-order valence-corrected chi connectivity index (χ1v) is 7.29. The van der Waals surface area contributed by atoms with Crippen molar-refractivity contribution in [3.8, 4) is 0 Å². The highest BCUT2D eigenvalue weighted by molar-refractivity contribution is 7.89. The third-order valence-corrected chi connectivity index (χ3v) is 4.11. The molecule has 7 heteroatoms. The van der Waals surface area contributed by atoms with Crippen molar-refractivity contribution >= 4 is 10.0 Å². The summed E-state index contributed by atoms with van der Waals surface area (Å²) in [6.07, 6.45) is 5.79. The van der Waals surface area contributed by atoms with Crippen molar-refractivity contribution in [1.82, 2.24) is 19.8 Å². The van der Waals surface area contributed by atoms with Crippen LogP contribution in [0.3, 0.4) is 0 Å². The maximum Gasteiger partial charge on any atom is 0.243 e. The average Bonchev–Trinajstić information content (AvgIpc) is 2.94. The molecular weight excluding hydrogens is 240 g/mol. The lowest BCUT2D eigenvalue weighted by Gasteiger charge is -2.02. The molecule has 96 valence electrons. The molecule has 2 rings (SSSR count). The number of nitrogens with one attached hydrogen (secondary N) is 2. The smallest absolute Gasteiger partial charge is 0.243 e. The van der Waals surface area contributed by atoms with Crippen LogP contribution < -0.4 is 10.0 Å². The van der Waals surface area contributed by atoms with Gasteiger partial charge in [-0.1, -0.05) is 0 Å². The van der Waals surface area contributed by atoms with Crippen LogP contribution in [0.1, 0.15) is 19.3 Å². The Kier molecular flexibility index (Phi) is 3.80. The highest BCUT2D eigenvalue weighted by atomic mass is 32.2. The lowest BCUT2D eigenvalue weighted by molar-refractivity contribution is 0.560. The van der Waals surface area contributed by atoms with E-state index in [1.165, 1.54) is 6.20 Å². The lowest BCUT2D eigenvalue weighted by Crippen LogP contribution is -2.25. The molecule has 17 heavy (non-hydrogen) atoms. The molecule has 0 saturated heterocycles. The van der Waals surface area contributed by atoms with Gasteiger partial charge in [0.05, 0.1) is 6.20 Å². The molecule has 1 aromatic heterocycles.